The number of amides is 1. The maximum Gasteiger partial charge on any atom is 0.241 e. The molecule has 0 radical (unpaired) electrons. The summed E-state index contributed by atoms with van der Waals surface area (Å²) < 4.78 is 0. The van der Waals surface area contributed by atoms with Gasteiger partial charge in [0, 0.05) is 66.5 Å². The molecule has 0 spiro atoms. The molecule has 1 fully saturated rings. The molecule has 3 heterocycles. The fourth-order valence-electron chi connectivity index (χ4n) is 4.40. The lowest BCUT2D eigenvalue weighted by molar-refractivity contribution is -0.120. The zero-order chi connectivity index (χ0) is 20.6. The van der Waals surface area contributed by atoms with E-state index in [1.54, 1.807) is 0 Å². The summed E-state index contributed by atoms with van der Waals surface area (Å²) in [6.45, 7) is 10.5. The molecule has 0 bridgehead atoms. The van der Waals surface area contributed by atoms with Gasteiger partial charge in [-0.15, -0.1) is 0 Å². The average Bonchev–Trinajstić information content (AvgIpc) is 2.92. The number of halogens is 1. The van der Waals surface area contributed by atoms with E-state index in [1.165, 1.54) is 0 Å². The molecule has 5 nitrogen and oxygen atoms in total. The second kappa shape index (κ2) is 8.05. The molecule has 1 amide bonds. The molecule has 29 heavy (non-hydrogen) atoms. The first-order valence-electron chi connectivity index (χ1n) is 10.3. The molecule has 4 rings (SSSR count). The Balaban J connectivity index is 1.56. The molecule has 2 aliphatic heterocycles. The summed E-state index contributed by atoms with van der Waals surface area (Å²) in [6.07, 6.45) is 2.65. The highest BCUT2D eigenvalue weighted by Crippen LogP contribution is 2.40. The number of hydrogen-bond donors (Lipinski definition) is 1. The number of pyridine rings is 1. The number of benzene rings is 1. The van der Waals surface area contributed by atoms with E-state index < -0.39 is 0 Å². The summed E-state index contributed by atoms with van der Waals surface area (Å²) >= 11 is 6.13. The van der Waals surface area contributed by atoms with Gasteiger partial charge >= 0.3 is 0 Å². The van der Waals surface area contributed by atoms with Crippen LogP contribution in [0.2, 0.25) is 5.02 Å². The predicted molar refractivity (Wildman–Crippen MR) is 118 cm³/mol. The molecule has 6 heteroatoms. The van der Waals surface area contributed by atoms with E-state index in [4.69, 9.17) is 16.6 Å². The summed E-state index contributed by atoms with van der Waals surface area (Å²) in [6, 6.07) is 10.4. The average molecular weight is 413 g/mol. The van der Waals surface area contributed by atoms with Crippen LogP contribution in [0.25, 0.3) is 0 Å². The lowest BCUT2D eigenvalue weighted by Crippen LogP contribution is -2.52. The van der Waals surface area contributed by atoms with E-state index in [-0.39, 0.29) is 11.3 Å². The SMILES string of the molecule is CC1CN(CC(=O)N2CC(C)(C)c3cnc(Cc4cccc(Cl)c4)cc32)CCN1. The molecule has 1 aromatic heterocycles. The first-order chi connectivity index (χ1) is 13.8. The van der Waals surface area contributed by atoms with Gasteiger partial charge in [0.2, 0.25) is 5.91 Å². The third-order valence-electron chi connectivity index (χ3n) is 5.90. The van der Waals surface area contributed by atoms with Gasteiger partial charge in [0.1, 0.15) is 0 Å². The van der Waals surface area contributed by atoms with E-state index in [9.17, 15) is 4.79 Å². The van der Waals surface area contributed by atoms with Crippen molar-refractivity contribution in [2.45, 2.75) is 38.6 Å². The maximum atomic E-state index is 13.2. The van der Waals surface area contributed by atoms with Crippen molar-refractivity contribution in [1.82, 2.24) is 15.2 Å². The van der Waals surface area contributed by atoms with Crippen molar-refractivity contribution in [3.05, 3.63) is 58.4 Å². The molecule has 1 aromatic carbocycles. The Labute approximate surface area is 178 Å². The minimum atomic E-state index is -0.0939. The summed E-state index contributed by atoms with van der Waals surface area (Å²) in [5.74, 6) is 0.172. The highest BCUT2D eigenvalue weighted by atomic mass is 35.5. The van der Waals surface area contributed by atoms with Crippen molar-refractivity contribution in [3.8, 4) is 0 Å². The Hall–Kier alpha value is -1.95. The van der Waals surface area contributed by atoms with Crippen LogP contribution in [0.1, 0.15) is 37.6 Å². The van der Waals surface area contributed by atoms with Gasteiger partial charge in [0.15, 0.2) is 0 Å². The van der Waals surface area contributed by atoms with E-state index in [2.05, 4.69) is 43.1 Å². The van der Waals surface area contributed by atoms with E-state index >= 15 is 0 Å². The highest BCUT2D eigenvalue weighted by Gasteiger charge is 2.39. The Kier molecular flexibility index (Phi) is 5.65. The van der Waals surface area contributed by atoms with Gasteiger partial charge in [-0.3, -0.25) is 14.7 Å². The molecule has 1 saturated heterocycles. The lowest BCUT2D eigenvalue weighted by atomic mass is 9.88. The first kappa shape index (κ1) is 20.3. The van der Waals surface area contributed by atoms with Gasteiger partial charge in [0.05, 0.1) is 12.2 Å². The highest BCUT2D eigenvalue weighted by molar-refractivity contribution is 6.30. The zero-order valence-corrected chi connectivity index (χ0v) is 18.2. The van der Waals surface area contributed by atoms with E-state index in [0.717, 1.165) is 47.2 Å². The molecule has 1 atom stereocenters. The summed E-state index contributed by atoms with van der Waals surface area (Å²) in [4.78, 5) is 22.1. The Morgan fingerprint density at radius 1 is 1.34 bits per heavy atom. The molecule has 1 N–H and O–H groups in total. The number of fused-ring (bicyclic) bond motifs is 1. The number of carbonyl (C=O) groups excluding carboxylic acids is 1. The molecule has 2 aliphatic rings. The smallest absolute Gasteiger partial charge is 0.241 e. The van der Waals surface area contributed by atoms with Crippen molar-refractivity contribution in [3.63, 3.8) is 0 Å². The molecule has 154 valence electrons. The van der Waals surface area contributed by atoms with Crippen LogP contribution < -0.4 is 10.2 Å². The molecule has 1 unspecified atom stereocenters. The van der Waals surface area contributed by atoms with Crippen molar-refractivity contribution in [2.75, 3.05) is 37.6 Å². The number of nitrogens with one attached hydrogen (secondary N) is 1. The largest absolute Gasteiger partial charge is 0.312 e. The van der Waals surface area contributed by atoms with Crippen LogP contribution in [0.4, 0.5) is 5.69 Å². The van der Waals surface area contributed by atoms with Crippen LogP contribution in [-0.4, -0.2) is 54.6 Å². The second-order valence-corrected chi connectivity index (χ2v) is 9.39. The molecular weight excluding hydrogens is 384 g/mol. The second-order valence-electron chi connectivity index (χ2n) is 8.95. The van der Waals surface area contributed by atoms with Gasteiger partial charge in [-0.1, -0.05) is 37.6 Å². The zero-order valence-electron chi connectivity index (χ0n) is 17.4. The van der Waals surface area contributed by atoms with Crippen molar-refractivity contribution in [2.24, 2.45) is 0 Å². The van der Waals surface area contributed by atoms with Crippen LogP contribution in [0.15, 0.2) is 36.5 Å². The van der Waals surface area contributed by atoms with E-state index in [0.29, 0.717) is 25.6 Å². The number of rotatable bonds is 4. The minimum Gasteiger partial charge on any atom is -0.312 e. The third kappa shape index (κ3) is 4.47. The van der Waals surface area contributed by atoms with Crippen LogP contribution in [0.5, 0.6) is 0 Å². The van der Waals surface area contributed by atoms with Crippen molar-refractivity contribution < 1.29 is 4.79 Å². The Morgan fingerprint density at radius 2 is 2.17 bits per heavy atom. The van der Waals surface area contributed by atoms with Gasteiger partial charge in [-0.2, -0.15) is 0 Å². The number of hydrogen-bond acceptors (Lipinski definition) is 4. The van der Waals surface area contributed by atoms with Crippen LogP contribution in [0.3, 0.4) is 0 Å². The van der Waals surface area contributed by atoms with Crippen LogP contribution in [0, 0.1) is 0 Å². The molecular formula is C23H29ClN4O. The van der Waals surface area contributed by atoms with Crippen molar-refractivity contribution in [1.29, 1.82) is 0 Å². The first-order valence-corrected chi connectivity index (χ1v) is 10.7. The fourth-order valence-corrected chi connectivity index (χ4v) is 4.62. The predicted octanol–water partition coefficient (Wildman–Crippen LogP) is 3.24. The summed E-state index contributed by atoms with van der Waals surface area (Å²) in [5.41, 5.74) is 4.14. The monoisotopic (exact) mass is 412 g/mol. The quantitative estimate of drug-likeness (QED) is 0.837. The normalized spacial score (nSPS) is 21.2. The Morgan fingerprint density at radius 3 is 2.93 bits per heavy atom. The van der Waals surface area contributed by atoms with Gasteiger partial charge in [0.25, 0.3) is 0 Å². The fraction of sp³-hybridized carbons (Fsp3) is 0.478. The van der Waals surface area contributed by atoms with Crippen molar-refractivity contribution >= 4 is 23.2 Å². The van der Waals surface area contributed by atoms with Gasteiger partial charge in [-0.25, -0.2) is 0 Å². The lowest BCUT2D eigenvalue weighted by Gasteiger charge is -2.32. The number of piperazine rings is 1. The topological polar surface area (TPSA) is 48.5 Å². The van der Waals surface area contributed by atoms with Crippen LogP contribution >= 0.6 is 11.6 Å². The van der Waals surface area contributed by atoms with E-state index in [1.807, 2.05) is 29.3 Å². The molecule has 0 saturated carbocycles. The third-order valence-corrected chi connectivity index (χ3v) is 6.13. The number of nitrogens with zero attached hydrogens (tertiary/aromatic N) is 3. The maximum absolute atomic E-state index is 13.2. The standard InChI is InChI=1S/C23H29ClN4O/c1-16-13-27(8-7-25-16)14-22(29)28-15-23(2,3)20-12-26-19(11-21(20)28)10-17-5-4-6-18(24)9-17/h4-6,9,11-12,16,25H,7-8,10,13-15H2,1-3H3. The summed E-state index contributed by atoms with van der Waals surface area (Å²) in [7, 11) is 0. The number of anilines is 1. The number of carbonyl (C=O) groups is 1. The Bertz CT molecular complexity index is 914. The summed E-state index contributed by atoms with van der Waals surface area (Å²) in [5, 5.41) is 4.16. The van der Waals surface area contributed by atoms with Gasteiger partial charge < -0.3 is 10.2 Å². The minimum absolute atomic E-state index is 0.0939. The van der Waals surface area contributed by atoms with Gasteiger partial charge in [-0.05, 0) is 30.7 Å². The molecule has 0 aliphatic carbocycles. The number of aromatic nitrogens is 1. The van der Waals surface area contributed by atoms with Crippen LogP contribution in [-0.2, 0) is 16.6 Å². The molecule has 2 aromatic rings.